The van der Waals surface area contributed by atoms with Crippen LogP contribution in [0.4, 0.5) is 14.5 Å². The van der Waals surface area contributed by atoms with Gasteiger partial charge in [0, 0.05) is 58.6 Å². The van der Waals surface area contributed by atoms with Crippen molar-refractivity contribution in [1.82, 2.24) is 9.88 Å². The lowest BCUT2D eigenvalue weighted by Gasteiger charge is -2.47. The second kappa shape index (κ2) is 6.80. The maximum atomic E-state index is 14.9. The van der Waals surface area contributed by atoms with Gasteiger partial charge in [0.25, 0.3) is 5.92 Å². The van der Waals surface area contributed by atoms with Gasteiger partial charge in [-0.2, -0.15) is 0 Å². The second-order valence-corrected chi connectivity index (χ2v) is 7.91. The summed E-state index contributed by atoms with van der Waals surface area (Å²) in [6.07, 6.45) is 6.15. The summed E-state index contributed by atoms with van der Waals surface area (Å²) >= 11 is 0. The van der Waals surface area contributed by atoms with E-state index in [4.69, 9.17) is 4.74 Å². The van der Waals surface area contributed by atoms with E-state index in [2.05, 4.69) is 14.8 Å². The molecule has 0 saturated carbocycles. The Morgan fingerprint density at radius 1 is 1.16 bits per heavy atom. The van der Waals surface area contributed by atoms with Gasteiger partial charge < -0.3 is 14.5 Å². The summed E-state index contributed by atoms with van der Waals surface area (Å²) in [6.45, 7) is 4.70. The Morgan fingerprint density at radius 3 is 2.76 bits per heavy atom. The molecule has 0 radical (unpaired) electrons. The number of nitrogens with zero attached hydrogens (tertiary/aromatic N) is 3. The first kappa shape index (κ1) is 17.2. The van der Waals surface area contributed by atoms with E-state index < -0.39 is 11.3 Å². The van der Waals surface area contributed by atoms with Crippen LogP contribution in [0, 0.1) is 11.3 Å². The van der Waals surface area contributed by atoms with Gasteiger partial charge >= 0.3 is 0 Å². The zero-order valence-electron chi connectivity index (χ0n) is 14.7. The maximum Gasteiger partial charge on any atom is 0.257 e. The molecule has 1 aromatic rings. The van der Waals surface area contributed by atoms with Crippen molar-refractivity contribution >= 4 is 5.69 Å². The highest BCUT2D eigenvalue weighted by atomic mass is 19.3. The Labute approximate surface area is 148 Å². The average Bonchev–Trinajstić information content (AvgIpc) is 3.06. The number of likely N-dealkylation sites (tertiary alicyclic amines) is 1. The smallest absolute Gasteiger partial charge is 0.257 e. The summed E-state index contributed by atoms with van der Waals surface area (Å²) in [6, 6.07) is 3.84. The summed E-state index contributed by atoms with van der Waals surface area (Å²) in [4.78, 5) is 8.51. The Hall–Kier alpha value is -1.27. The highest BCUT2D eigenvalue weighted by Crippen LogP contribution is 2.50. The van der Waals surface area contributed by atoms with E-state index in [0.717, 1.165) is 38.3 Å². The van der Waals surface area contributed by atoms with Gasteiger partial charge in [-0.3, -0.25) is 4.98 Å². The minimum absolute atomic E-state index is 0.0168. The van der Waals surface area contributed by atoms with E-state index in [1.165, 1.54) is 0 Å². The first-order valence-electron chi connectivity index (χ1n) is 9.41. The van der Waals surface area contributed by atoms with Crippen LogP contribution in [-0.4, -0.2) is 61.7 Å². The van der Waals surface area contributed by atoms with Gasteiger partial charge in [-0.1, -0.05) is 0 Å². The predicted octanol–water partition coefficient (Wildman–Crippen LogP) is 3.05. The lowest BCUT2D eigenvalue weighted by Crippen LogP contribution is -2.57. The van der Waals surface area contributed by atoms with Crippen LogP contribution in [0.25, 0.3) is 0 Å². The van der Waals surface area contributed by atoms with Crippen molar-refractivity contribution in [2.75, 3.05) is 50.8 Å². The molecule has 4 nitrogen and oxygen atoms in total. The zero-order valence-corrected chi connectivity index (χ0v) is 14.7. The number of anilines is 1. The lowest BCUT2D eigenvalue weighted by atomic mass is 9.75. The lowest BCUT2D eigenvalue weighted by molar-refractivity contribution is -0.159. The van der Waals surface area contributed by atoms with Crippen LogP contribution in [0.1, 0.15) is 25.7 Å². The number of ether oxygens (including phenoxy) is 1. The minimum Gasteiger partial charge on any atom is -0.381 e. The first-order chi connectivity index (χ1) is 12.1. The summed E-state index contributed by atoms with van der Waals surface area (Å²) in [5.74, 6) is -2.00. The molecule has 6 heteroatoms. The normalized spacial score (nSPS) is 30.9. The van der Waals surface area contributed by atoms with E-state index in [0.29, 0.717) is 38.5 Å². The van der Waals surface area contributed by atoms with E-state index in [1.807, 2.05) is 12.1 Å². The van der Waals surface area contributed by atoms with Gasteiger partial charge in [0.05, 0.1) is 17.3 Å². The van der Waals surface area contributed by atoms with Crippen molar-refractivity contribution in [3.05, 3.63) is 24.5 Å². The largest absolute Gasteiger partial charge is 0.381 e. The van der Waals surface area contributed by atoms with Crippen molar-refractivity contribution in [3.8, 4) is 0 Å². The molecule has 0 N–H and O–H groups in total. The maximum absolute atomic E-state index is 14.9. The molecule has 4 heterocycles. The van der Waals surface area contributed by atoms with Crippen LogP contribution in [0.3, 0.4) is 0 Å². The molecule has 3 aliphatic rings. The number of aromatic nitrogens is 1. The van der Waals surface area contributed by atoms with Crippen molar-refractivity contribution in [2.45, 2.75) is 31.6 Å². The number of alkyl halides is 2. The first-order valence-corrected chi connectivity index (χ1v) is 9.41. The Balaban J connectivity index is 1.46. The molecule has 3 aliphatic heterocycles. The highest BCUT2D eigenvalue weighted by molar-refractivity contribution is 5.45. The van der Waals surface area contributed by atoms with Gasteiger partial charge in [-0.25, -0.2) is 8.78 Å². The SMILES string of the molecule is FC1(F)CCN(CC2CCOCC2)C[C@]12CCN(c1cccnc1)C2. The third-order valence-electron chi connectivity index (χ3n) is 6.27. The monoisotopic (exact) mass is 351 g/mol. The van der Waals surface area contributed by atoms with Crippen LogP contribution in [0.2, 0.25) is 0 Å². The van der Waals surface area contributed by atoms with Crippen LogP contribution in [0.5, 0.6) is 0 Å². The van der Waals surface area contributed by atoms with Crippen LogP contribution < -0.4 is 4.90 Å². The zero-order chi connectivity index (χ0) is 17.3. The van der Waals surface area contributed by atoms with E-state index in [1.54, 1.807) is 12.4 Å². The molecule has 1 spiro atoms. The molecule has 3 fully saturated rings. The van der Waals surface area contributed by atoms with E-state index in [-0.39, 0.29) is 6.42 Å². The van der Waals surface area contributed by atoms with Crippen molar-refractivity contribution < 1.29 is 13.5 Å². The fourth-order valence-corrected chi connectivity index (χ4v) is 4.70. The standard InChI is InChI=1S/C19H27F2N3O/c20-19(21)6-8-23(13-16-3-10-25-11-4-16)14-18(19)5-9-24(15-18)17-2-1-7-22-12-17/h1-2,7,12,16H,3-6,8-11,13-15H2/t18-/m0/s1. The van der Waals surface area contributed by atoms with Gasteiger partial charge in [-0.15, -0.1) is 0 Å². The molecule has 0 aromatic carbocycles. The van der Waals surface area contributed by atoms with E-state index in [9.17, 15) is 8.78 Å². The molecule has 1 aromatic heterocycles. The summed E-state index contributed by atoms with van der Waals surface area (Å²) in [5, 5.41) is 0. The number of pyridine rings is 1. The van der Waals surface area contributed by atoms with Crippen LogP contribution in [-0.2, 0) is 4.74 Å². The van der Waals surface area contributed by atoms with E-state index >= 15 is 0 Å². The molecular formula is C19H27F2N3O. The number of rotatable bonds is 3. The van der Waals surface area contributed by atoms with Crippen molar-refractivity contribution in [1.29, 1.82) is 0 Å². The Bertz CT molecular complexity index is 579. The quantitative estimate of drug-likeness (QED) is 0.837. The molecule has 4 rings (SSSR count). The third kappa shape index (κ3) is 3.38. The number of hydrogen-bond donors (Lipinski definition) is 0. The predicted molar refractivity (Wildman–Crippen MR) is 93.0 cm³/mol. The number of halogens is 2. The van der Waals surface area contributed by atoms with Crippen LogP contribution in [0.15, 0.2) is 24.5 Å². The molecule has 0 unspecified atom stereocenters. The number of piperidine rings is 1. The molecule has 25 heavy (non-hydrogen) atoms. The summed E-state index contributed by atoms with van der Waals surface area (Å²) in [7, 11) is 0. The minimum atomic E-state index is -2.59. The molecule has 1 atom stereocenters. The van der Waals surface area contributed by atoms with Gasteiger partial charge in [-0.05, 0) is 37.3 Å². The second-order valence-electron chi connectivity index (χ2n) is 7.91. The van der Waals surface area contributed by atoms with Crippen LogP contribution >= 0.6 is 0 Å². The fraction of sp³-hybridized carbons (Fsp3) is 0.737. The van der Waals surface area contributed by atoms with Gasteiger partial charge in [0.1, 0.15) is 0 Å². The third-order valence-corrected chi connectivity index (χ3v) is 6.27. The molecule has 3 saturated heterocycles. The molecule has 0 aliphatic carbocycles. The average molecular weight is 351 g/mol. The molecule has 0 amide bonds. The topological polar surface area (TPSA) is 28.6 Å². The Kier molecular flexibility index (Phi) is 4.67. The summed E-state index contributed by atoms with van der Waals surface area (Å²) in [5.41, 5.74) is 0.0310. The molecule has 138 valence electrons. The van der Waals surface area contributed by atoms with Gasteiger partial charge in [0.2, 0.25) is 0 Å². The summed E-state index contributed by atoms with van der Waals surface area (Å²) < 4.78 is 35.3. The van der Waals surface area contributed by atoms with Crippen molar-refractivity contribution in [3.63, 3.8) is 0 Å². The molecular weight excluding hydrogens is 324 g/mol. The van der Waals surface area contributed by atoms with Crippen molar-refractivity contribution in [2.24, 2.45) is 11.3 Å². The highest BCUT2D eigenvalue weighted by Gasteiger charge is 2.59. The van der Waals surface area contributed by atoms with Gasteiger partial charge in [0.15, 0.2) is 0 Å². The molecule has 0 bridgehead atoms. The Morgan fingerprint density at radius 2 is 2.00 bits per heavy atom. The fourth-order valence-electron chi connectivity index (χ4n) is 4.70. The number of hydrogen-bond acceptors (Lipinski definition) is 4.